The number of alkyl halides is 3. The molecule has 1 aromatic carbocycles. The van der Waals surface area contributed by atoms with Crippen LogP contribution in [0.5, 0.6) is 0 Å². The van der Waals surface area contributed by atoms with Crippen LogP contribution < -0.4 is 0 Å². The van der Waals surface area contributed by atoms with Gasteiger partial charge in [-0.3, -0.25) is 14.5 Å². The molecule has 140 valence electrons. The van der Waals surface area contributed by atoms with Gasteiger partial charge in [0.15, 0.2) is 0 Å². The number of amides is 2. The average molecular weight is 434 g/mol. The van der Waals surface area contributed by atoms with Gasteiger partial charge in [0.1, 0.15) is 6.17 Å². The second-order valence-corrected chi connectivity index (χ2v) is 9.84. The minimum Gasteiger partial charge on any atom is -0.279 e. The van der Waals surface area contributed by atoms with E-state index in [-0.39, 0.29) is 0 Å². The summed E-state index contributed by atoms with van der Waals surface area (Å²) in [4.78, 5) is 28.9. The van der Waals surface area contributed by atoms with Gasteiger partial charge in [0.05, 0.1) is 4.91 Å². The van der Waals surface area contributed by atoms with Crippen LogP contribution in [0.15, 0.2) is 29.2 Å². The van der Waals surface area contributed by atoms with E-state index in [0.717, 1.165) is 47.1 Å². The van der Waals surface area contributed by atoms with Crippen molar-refractivity contribution >= 4 is 63.8 Å². The van der Waals surface area contributed by atoms with Gasteiger partial charge in [-0.25, -0.2) is 4.90 Å². The summed E-state index contributed by atoms with van der Waals surface area (Å²) < 4.78 is -1.78. The largest absolute Gasteiger partial charge is 0.295 e. The maximum Gasteiger partial charge on any atom is 0.295 e. The van der Waals surface area contributed by atoms with E-state index in [1.54, 1.807) is 6.08 Å². The molecule has 0 radical (unpaired) electrons. The molecule has 2 saturated heterocycles. The van der Waals surface area contributed by atoms with Crippen molar-refractivity contribution in [1.82, 2.24) is 9.80 Å². The van der Waals surface area contributed by atoms with Crippen LogP contribution >= 0.6 is 46.6 Å². The Kier molecular flexibility index (Phi) is 6.25. The first-order valence-corrected chi connectivity index (χ1v) is 10.4. The van der Waals surface area contributed by atoms with Crippen LogP contribution in [-0.2, 0) is 4.79 Å². The summed E-state index contributed by atoms with van der Waals surface area (Å²) in [5.41, 5.74) is 1.97. The summed E-state index contributed by atoms with van der Waals surface area (Å²) >= 11 is 19.4. The fraction of sp³-hybridized carbons (Fsp3) is 0.444. The quantitative estimate of drug-likeness (QED) is 0.484. The van der Waals surface area contributed by atoms with Crippen LogP contribution in [0.2, 0.25) is 0 Å². The van der Waals surface area contributed by atoms with Crippen LogP contribution in [0.1, 0.15) is 30.4 Å². The molecule has 0 aromatic heterocycles. The Morgan fingerprint density at radius 2 is 1.69 bits per heavy atom. The number of nitrogens with zero attached hydrogens (tertiary/aromatic N) is 2. The molecule has 0 unspecified atom stereocenters. The fourth-order valence-corrected chi connectivity index (χ4v) is 4.74. The molecule has 4 nitrogen and oxygen atoms in total. The van der Waals surface area contributed by atoms with Crippen molar-refractivity contribution in [3.63, 3.8) is 0 Å². The number of imide groups is 1. The highest BCUT2D eigenvalue weighted by Gasteiger charge is 2.50. The molecule has 26 heavy (non-hydrogen) atoms. The van der Waals surface area contributed by atoms with E-state index >= 15 is 0 Å². The Balaban J connectivity index is 1.89. The molecule has 0 saturated carbocycles. The number of thioether (sulfide) groups is 1. The van der Waals surface area contributed by atoms with Crippen LogP contribution in [-0.4, -0.2) is 44.0 Å². The Morgan fingerprint density at radius 1 is 1.08 bits per heavy atom. The molecule has 2 fully saturated rings. The lowest BCUT2D eigenvalue weighted by molar-refractivity contribution is -0.127. The summed E-state index contributed by atoms with van der Waals surface area (Å²) in [6.07, 6.45) is 3.80. The number of halogens is 3. The van der Waals surface area contributed by atoms with Crippen LogP contribution in [0.3, 0.4) is 0 Å². The van der Waals surface area contributed by atoms with Crippen LogP contribution in [0.4, 0.5) is 4.79 Å². The lowest BCUT2D eigenvalue weighted by atomic mass is 10.1. The highest BCUT2D eigenvalue weighted by atomic mass is 35.6. The minimum atomic E-state index is -1.78. The Bertz CT molecular complexity index is 725. The molecule has 2 heterocycles. The van der Waals surface area contributed by atoms with Gasteiger partial charge in [-0.2, -0.15) is 0 Å². The zero-order chi connectivity index (χ0) is 18.9. The molecule has 0 bridgehead atoms. The van der Waals surface area contributed by atoms with Crippen molar-refractivity contribution in [2.24, 2.45) is 0 Å². The van der Waals surface area contributed by atoms with Gasteiger partial charge in [0, 0.05) is 13.1 Å². The first-order valence-electron chi connectivity index (χ1n) is 8.42. The number of piperidine rings is 1. The normalized spacial score (nSPS) is 22.3. The number of hydrogen-bond donors (Lipinski definition) is 0. The predicted octanol–water partition coefficient (Wildman–Crippen LogP) is 5.21. The summed E-state index contributed by atoms with van der Waals surface area (Å²) in [7, 11) is 0. The second kappa shape index (κ2) is 8.11. The molecule has 1 aromatic rings. The van der Waals surface area contributed by atoms with E-state index in [0.29, 0.717) is 18.0 Å². The summed E-state index contributed by atoms with van der Waals surface area (Å²) in [5.74, 6) is -0.414. The minimum absolute atomic E-state index is 0.343. The van der Waals surface area contributed by atoms with Crippen molar-refractivity contribution in [2.75, 3.05) is 13.1 Å². The van der Waals surface area contributed by atoms with Gasteiger partial charge in [-0.15, -0.1) is 0 Å². The first-order chi connectivity index (χ1) is 12.3. The fourth-order valence-electron chi connectivity index (χ4n) is 3.18. The SMILES string of the molecule is Cc1ccc(/C=C2\SC(=O)N([C@H](N3CCCCC3)C(Cl)(Cl)Cl)C2=O)cc1. The van der Waals surface area contributed by atoms with Gasteiger partial charge in [0.25, 0.3) is 11.1 Å². The molecule has 0 aliphatic carbocycles. The summed E-state index contributed by atoms with van der Waals surface area (Å²) in [6.45, 7) is 3.37. The van der Waals surface area contributed by atoms with Crippen molar-refractivity contribution in [1.29, 1.82) is 0 Å². The number of rotatable bonds is 3. The van der Waals surface area contributed by atoms with Gasteiger partial charge >= 0.3 is 0 Å². The standard InChI is InChI=1S/C18H19Cl3N2O2S/c1-12-5-7-13(8-6-12)11-14-15(24)23(17(25)26-14)16(18(19,20)21)22-9-3-2-4-10-22/h5-8,11,16H,2-4,9-10H2,1H3/b14-11-/t16-/m0/s1. The van der Waals surface area contributed by atoms with Gasteiger partial charge in [-0.05, 0) is 43.2 Å². The lowest BCUT2D eigenvalue weighted by Crippen LogP contribution is -2.58. The molecule has 3 rings (SSSR count). The molecule has 2 aliphatic rings. The second-order valence-electron chi connectivity index (χ2n) is 6.47. The topological polar surface area (TPSA) is 40.6 Å². The van der Waals surface area contributed by atoms with Crippen LogP contribution in [0, 0.1) is 6.92 Å². The zero-order valence-electron chi connectivity index (χ0n) is 14.3. The highest BCUT2D eigenvalue weighted by molar-refractivity contribution is 8.18. The number of aryl methyl sites for hydroxylation is 1. The Morgan fingerprint density at radius 3 is 2.27 bits per heavy atom. The number of likely N-dealkylation sites (tertiary alicyclic amines) is 1. The smallest absolute Gasteiger partial charge is 0.279 e. The first kappa shape index (κ1) is 20.0. The summed E-state index contributed by atoms with van der Waals surface area (Å²) in [6, 6.07) is 7.71. The van der Waals surface area contributed by atoms with E-state index in [1.165, 1.54) is 0 Å². The Hall–Kier alpha value is -0.720. The van der Waals surface area contributed by atoms with E-state index in [4.69, 9.17) is 34.8 Å². The van der Waals surface area contributed by atoms with Crippen molar-refractivity contribution < 1.29 is 9.59 Å². The van der Waals surface area contributed by atoms with E-state index in [9.17, 15) is 9.59 Å². The van der Waals surface area contributed by atoms with Gasteiger partial charge < -0.3 is 0 Å². The monoisotopic (exact) mass is 432 g/mol. The lowest BCUT2D eigenvalue weighted by Gasteiger charge is -2.41. The van der Waals surface area contributed by atoms with E-state index < -0.39 is 21.1 Å². The molecule has 2 amide bonds. The molecule has 8 heteroatoms. The molecule has 2 aliphatic heterocycles. The van der Waals surface area contributed by atoms with Crippen molar-refractivity contribution in [3.8, 4) is 0 Å². The third-order valence-electron chi connectivity index (χ3n) is 4.47. The highest BCUT2D eigenvalue weighted by Crippen LogP contribution is 2.42. The summed E-state index contributed by atoms with van der Waals surface area (Å²) in [5, 5.41) is -0.407. The van der Waals surface area contributed by atoms with Crippen LogP contribution in [0.25, 0.3) is 6.08 Å². The molecule has 0 N–H and O–H groups in total. The third kappa shape index (κ3) is 4.39. The Labute approximate surface area is 172 Å². The molecule has 0 spiro atoms. The van der Waals surface area contributed by atoms with E-state index in [2.05, 4.69) is 0 Å². The molecular formula is C18H19Cl3N2O2S. The molecule has 1 atom stereocenters. The van der Waals surface area contributed by atoms with Crippen molar-refractivity contribution in [3.05, 3.63) is 40.3 Å². The third-order valence-corrected chi connectivity index (χ3v) is 5.94. The predicted molar refractivity (Wildman–Crippen MR) is 108 cm³/mol. The average Bonchev–Trinajstić information content (AvgIpc) is 2.85. The number of benzene rings is 1. The number of carbonyl (C=O) groups excluding carboxylic acids is 2. The van der Waals surface area contributed by atoms with Gasteiger partial charge in [0.2, 0.25) is 3.79 Å². The van der Waals surface area contributed by atoms with Gasteiger partial charge in [-0.1, -0.05) is 71.1 Å². The van der Waals surface area contributed by atoms with E-state index in [1.807, 2.05) is 36.1 Å². The van der Waals surface area contributed by atoms with Crippen molar-refractivity contribution in [2.45, 2.75) is 36.1 Å². The number of hydrogen-bond acceptors (Lipinski definition) is 4. The number of carbonyl (C=O) groups is 2. The zero-order valence-corrected chi connectivity index (χ0v) is 17.3. The maximum absolute atomic E-state index is 12.9. The maximum atomic E-state index is 12.9. The molecular weight excluding hydrogens is 415 g/mol.